The van der Waals surface area contributed by atoms with Crippen molar-refractivity contribution in [1.82, 2.24) is 10.1 Å². The highest BCUT2D eigenvalue weighted by Crippen LogP contribution is 2.45. The molecule has 104 valence electrons. The van der Waals surface area contributed by atoms with Gasteiger partial charge >= 0.3 is 0 Å². The topological polar surface area (TPSA) is 74.2 Å². The standard InChI is InChI=1S/C14H21N3O2/c1-14(6-2-3-11(14)15)13-16-12(17-19-13)9-7-8-4-5-10(9)18-8/h8-11H,2-7,15H2,1H3. The number of rotatable bonds is 2. The second kappa shape index (κ2) is 4.03. The molecule has 1 aromatic heterocycles. The summed E-state index contributed by atoms with van der Waals surface area (Å²) in [5.74, 6) is 1.90. The normalized spacial score (nSPS) is 45.2. The van der Waals surface area contributed by atoms with E-state index in [-0.39, 0.29) is 11.5 Å². The molecule has 5 heteroatoms. The molecule has 3 aliphatic rings. The zero-order valence-corrected chi connectivity index (χ0v) is 11.3. The van der Waals surface area contributed by atoms with Crippen molar-refractivity contribution in [1.29, 1.82) is 0 Å². The molecule has 2 N–H and O–H groups in total. The quantitative estimate of drug-likeness (QED) is 0.881. The van der Waals surface area contributed by atoms with E-state index in [1.54, 1.807) is 0 Å². The Kier molecular flexibility index (Phi) is 2.51. The Balaban J connectivity index is 1.60. The maximum atomic E-state index is 6.22. The van der Waals surface area contributed by atoms with Crippen LogP contribution in [0.25, 0.3) is 0 Å². The van der Waals surface area contributed by atoms with Crippen molar-refractivity contribution >= 4 is 0 Å². The van der Waals surface area contributed by atoms with Crippen molar-refractivity contribution in [2.24, 2.45) is 5.73 Å². The van der Waals surface area contributed by atoms with Gasteiger partial charge in [0.1, 0.15) is 0 Å². The first kappa shape index (κ1) is 11.9. The Morgan fingerprint density at radius 2 is 2.21 bits per heavy atom. The third-order valence-electron chi connectivity index (χ3n) is 5.40. The van der Waals surface area contributed by atoms with Crippen molar-refractivity contribution < 1.29 is 9.26 Å². The first-order valence-corrected chi connectivity index (χ1v) is 7.42. The van der Waals surface area contributed by atoms with Gasteiger partial charge in [-0.1, -0.05) is 11.6 Å². The molecule has 3 fully saturated rings. The zero-order chi connectivity index (χ0) is 13.0. The summed E-state index contributed by atoms with van der Waals surface area (Å²) in [5, 5.41) is 4.22. The minimum atomic E-state index is -0.135. The Labute approximate surface area is 112 Å². The van der Waals surface area contributed by atoms with Gasteiger partial charge in [0.15, 0.2) is 5.82 Å². The molecular weight excluding hydrogens is 242 g/mol. The fourth-order valence-electron chi connectivity index (χ4n) is 3.99. The van der Waals surface area contributed by atoms with E-state index in [0.29, 0.717) is 18.1 Å². The second-order valence-electron chi connectivity index (χ2n) is 6.59. The lowest BCUT2D eigenvalue weighted by Crippen LogP contribution is -2.38. The highest BCUT2D eigenvalue weighted by atomic mass is 16.5. The molecular formula is C14H21N3O2. The number of ether oxygens (including phenoxy) is 1. The molecule has 0 radical (unpaired) electrons. The van der Waals surface area contributed by atoms with E-state index in [1.165, 1.54) is 6.42 Å². The number of hydrogen-bond acceptors (Lipinski definition) is 5. The third-order valence-corrected chi connectivity index (χ3v) is 5.40. The Morgan fingerprint density at radius 3 is 2.84 bits per heavy atom. The van der Waals surface area contributed by atoms with Gasteiger partial charge in [0.05, 0.1) is 23.5 Å². The maximum absolute atomic E-state index is 6.22. The average molecular weight is 263 g/mol. The molecule has 0 amide bonds. The van der Waals surface area contributed by atoms with E-state index in [1.807, 2.05) is 0 Å². The highest BCUT2D eigenvalue weighted by molar-refractivity contribution is 5.14. The molecule has 1 aliphatic carbocycles. The molecule has 1 saturated carbocycles. The summed E-state index contributed by atoms with van der Waals surface area (Å²) in [7, 11) is 0. The first-order chi connectivity index (χ1) is 9.17. The molecule has 0 aromatic carbocycles. The summed E-state index contributed by atoms with van der Waals surface area (Å²) >= 11 is 0. The summed E-state index contributed by atoms with van der Waals surface area (Å²) in [6.07, 6.45) is 7.33. The summed E-state index contributed by atoms with van der Waals surface area (Å²) in [6, 6.07) is 0.136. The lowest BCUT2D eigenvalue weighted by molar-refractivity contribution is 0.0996. The summed E-state index contributed by atoms with van der Waals surface area (Å²) < 4.78 is 11.4. The van der Waals surface area contributed by atoms with Crippen LogP contribution >= 0.6 is 0 Å². The van der Waals surface area contributed by atoms with Crippen LogP contribution in [0.3, 0.4) is 0 Å². The molecule has 2 aliphatic heterocycles. The molecule has 5 nitrogen and oxygen atoms in total. The van der Waals surface area contributed by atoms with Crippen molar-refractivity contribution in [2.75, 3.05) is 0 Å². The van der Waals surface area contributed by atoms with Crippen LogP contribution in [0.2, 0.25) is 0 Å². The molecule has 2 bridgehead atoms. The van der Waals surface area contributed by atoms with Crippen molar-refractivity contribution in [3.05, 3.63) is 11.7 Å². The molecule has 0 spiro atoms. The minimum absolute atomic E-state index is 0.135. The van der Waals surface area contributed by atoms with Crippen LogP contribution in [0.1, 0.15) is 63.1 Å². The van der Waals surface area contributed by atoms with Gasteiger partial charge in [-0.15, -0.1) is 0 Å². The van der Waals surface area contributed by atoms with Crippen LogP contribution < -0.4 is 5.73 Å². The zero-order valence-electron chi connectivity index (χ0n) is 11.3. The van der Waals surface area contributed by atoms with E-state index in [4.69, 9.17) is 15.0 Å². The fraction of sp³-hybridized carbons (Fsp3) is 0.857. The SMILES string of the molecule is CC1(c2nc(C3CC4CCC3O4)no2)CCCC1N. The molecule has 5 atom stereocenters. The van der Waals surface area contributed by atoms with E-state index >= 15 is 0 Å². The van der Waals surface area contributed by atoms with Crippen molar-refractivity contribution in [2.45, 2.75) is 75.0 Å². The number of hydrogen-bond donors (Lipinski definition) is 1. The van der Waals surface area contributed by atoms with E-state index in [0.717, 1.165) is 43.8 Å². The molecule has 5 unspecified atom stereocenters. The molecule has 2 saturated heterocycles. The second-order valence-corrected chi connectivity index (χ2v) is 6.59. The van der Waals surface area contributed by atoms with E-state index < -0.39 is 0 Å². The third kappa shape index (κ3) is 1.68. The van der Waals surface area contributed by atoms with Gasteiger partial charge in [-0.25, -0.2) is 0 Å². The predicted octanol–water partition coefficient (Wildman–Crippen LogP) is 1.87. The largest absolute Gasteiger partial charge is 0.374 e. The number of aromatic nitrogens is 2. The lowest BCUT2D eigenvalue weighted by Gasteiger charge is -2.24. The molecule has 4 rings (SSSR count). The number of nitrogens with zero attached hydrogens (tertiary/aromatic N) is 2. The first-order valence-electron chi connectivity index (χ1n) is 7.42. The molecule has 3 heterocycles. The van der Waals surface area contributed by atoms with Crippen LogP contribution in [0.5, 0.6) is 0 Å². The van der Waals surface area contributed by atoms with Gasteiger partial charge in [-0.05, 0) is 39.0 Å². The van der Waals surface area contributed by atoms with E-state index in [2.05, 4.69) is 17.1 Å². The number of fused-ring (bicyclic) bond motifs is 2. The van der Waals surface area contributed by atoms with Gasteiger partial charge in [-0.2, -0.15) is 4.98 Å². The maximum Gasteiger partial charge on any atom is 0.234 e. The molecule has 1 aromatic rings. The Morgan fingerprint density at radius 1 is 1.32 bits per heavy atom. The van der Waals surface area contributed by atoms with Crippen LogP contribution in [-0.2, 0) is 10.2 Å². The number of nitrogens with two attached hydrogens (primary N) is 1. The van der Waals surface area contributed by atoms with E-state index in [9.17, 15) is 0 Å². The van der Waals surface area contributed by atoms with Crippen LogP contribution in [0.15, 0.2) is 4.52 Å². The van der Waals surface area contributed by atoms with Gasteiger partial charge in [0.2, 0.25) is 5.89 Å². The molecule has 19 heavy (non-hydrogen) atoms. The van der Waals surface area contributed by atoms with Gasteiger partial charge < -0.3 is 15.0 Å². The Hall–Kier alpha value is -0.940. The van der Waals surface area contributed by atoms with Crippen LogP contribution in [-0.4, -0.2) is 28.4 Å². The lowest BCUT2D eigenvalue weighted by atomic mass is 9.85. The van der Waals surface area contributed by atoms with Crippen LogP contribution in [0, 0.1) is 0 Å². The predicted molar refractivity (Wildman–Crippen MR) is 68.7 cm³/mol. The summed E-state index contributed by atoms with van der Waals surface area (Å²) in [4.78, 5) is 4.68. The highest BCUT2D eigenvalue weighted by Gasteiger charge is 2.46. The summed E-state index contributed by atoms with van der Waals surface area (Å²) in [6.45, 7) is 2.15. The fourth-order valence-corrected chi connectivity index (χ4v) is 3.99. The van der Waals surface area contributed by atoms with Crippen molar-refractivity contribution in [3.8, 4) is 0 Å². The Bertz CT molecular complexity index is 489. The monoisotopic (exact) mass is 263 g/mol. The minimum Gasteiger partial charge on any atom is -0.374 e. The van der Waals surface area contributed by atoms with Gasteiger partial charge in [0, 0.05) is 6.04 Å². The summed E-state index contributed by atoms with van der Waals surface area (Å²) in [5.41, 5.74) is 6.08. The van der Waals surface area contributed by atoms with Gasteiger partial charge in [-0.3, -0.25) is 0 Å². The smallest absolute Gasteiger partial charge is 0.234 e. The average Bonchev–Trinajstić information content (AvgIpc) is 3.14. The van der Waals surface area contributed by atoms with Crippen molar-refractivity contribution in [3.63, 3.8) is 0 Å². The van der Waals surface area contributed by atoms with Crippen LogP contribution in [0.4, 0.5) is 0 Å². The van der Waals surface area contributed by atoms with Gasteiger partial charge in [0.25, 0.3) is 0 Å².